The lowest BCUT2D eigenvalue weighted by Gasteiger charge is -2.18. The number of thioether (sulfide) groups is 1. The van der Waals surface area contributed by atoms with Gasteiger partial charge in [0.05, 0.1) is 11.1 Å². The standard InChI is InChI=1S/C11H13NOS/c1-8(9-5-3-2-4-6-9)11-12-10(13)7-14-11/h2-6,8,11H,7H2,1H3,(H,12,13). The lowest BCUT2D eigenvalue weighted by molar-refractivity contribution is -0.118. The van der Waals surface area contributed by atoms with Crippen molar-refractivity contribution in [3.63, 3.8) is 0 Å². The molecule has 74 valence electrons. The number of hydrogen-bond acceptors (Lipinski definition) is 2. The Bertz CT molecular complexity index is 325. The van der Waals surface area contributed by atoms with Crippen molar-refractivity contribution in [3.05, 3.63) is 35.9 Å². The van der Waals surface area contributed by atoms with E-state index < -0.39 is 0 Å². The molecule has 2 rings (SSSR count). The van der Waals surface area contributed by atoms with Gasteiger partial charge < -0.3 is 5.32 Å². The van der Waals surface area contributed by atoms with E-state index in [1.54, 1.807) is 11.8 Å². The Kier molecular flexibility index (Phi) is 2.77. The summed E-state index contributed by atoms with van der Waals surface area (Å²) in [6.07, 6.45) is 0. The monoisotopic (exact) mass is 207 g/mol. The van der Waals surface area contributed by atoms with Gasteiger partial charge in [0.1, 0.15) is 0 Å². The highest BCUT2D eigenvalue weighted by molar-refractivity contribution is 8.01. The molecule has 0 spiro atoms. The molecule has 0 aromatic heterocycles. The maximum atomic E-state index is 11.1. The predicted molar refractivity (Wildman–Crippen MR) is 59.2 cm³/mol. The van der Waals surface area contributed by atoms with Crippen molar-refractivity contribution >= 4 is 17.7 Å². The van der Waals surface area contributed by atoms with Crippen molar-refractivity contribution in [2.24, 2.45) is 0 Å². The van der Waals surface area contributed by atoms with Gasteiger partial charge in [0.15, 0.2) is 0 Å². The highest BCUT2D eigenvalue weighted by Crippen LogP contribution is 2.29. The molecule has 1 aromatic rings. The number of carbonyl (C=O) groups excluding carboxylic acids is 1. The fourth-order valence-corrected chi connectivity index (χ4v) is 2.68. The average molecular weight is 207 g/mol. The number of carbonyl (C=O) groups is 1. The quantitative estimate of drug-likeness (QED) is 0.803. The summed E-state index contributed by atoms with van der Waals surface area (Å²) in [6, 6.07) is 10.3. The lowest BCUT2D eigenvalue weighted by atomic mass is 10.0. The van der Waals surface area contributed by atoms with Gasteiger partial charge in [-0.2, -0.15) is 0 Å². The molecule has 1 saturated heterocycles. The lowest BCUT2D eigenvalue weighted by Crippen LogP contribution is -2.28. The maximum absolute atomic E-state index is 11.1. The van der Waals surface area contributed by atoms with Crippen molar-refractivity contribution in [1.82, 2.24) is 5.32 Å². The zero-order valence-corrected chi connectivity index (χ0v) is 8.88. The van der Waals surface area contributed by atoms with Crippen LogP contribution in [0.1, 0.15) is 18.4 Å². The Hall–Kier alpha value is -0.960. The zero-order chi connectivity index (χ0) is 9.97. The van der Waals surface area contributed by atoms with Crippen LogP contribution in [0.3, 0.4) is 0 Å². The van der Waals surface area contributed by atoms with Crippen LogP contribution in [0.4, 0.5) is 0 Å². The number of nitrogens with one attached hydrogen (secondary N) is 1. The minimum atomic E-state index is 0.155. The third-order valence-corrected chi connectivity index (χ3v) is 3.79. The van der Waals surface area contributed by atoms with Crippen LogP contribution < -0.4 is 5.32 Å². The predicted octanol–water partition coefficient (Wildman–Crippen LogP) is 1.98. The second-order valence-electron chi connectivity index (χ2n) is 3.50. The van der Waals surface area contributed by atoms with Crippen molar-refractivity contribution in [1.29, 1.82) is 0 Å². The fourth-order valence-electron chi connectivity index (χ4n) is 1.61. The summed E-state index contributed by atoms with van der Waals surface area (Å²) in [4.78, 5) is 11.1. The van der Waals surface area contributed by atoms with E-state index >= 15 is 0 Å². The van der Waals surface area contributed by atoms with E-state index in [4.69, 9.17) is 0 Å². The number of amides is 1. The first-order chi connectivity index (χ1) is 6.77. The Balaban J connectivity index is 2.09. The molecule has 14 heavy (non-hydrogen) atoms. The number of hydrogen-bond donors (Lipinski definition) is 1. The molecule has 0 bridgehead atoms. The van der Waals surface area contributed by atoms with Gasteiger partial charge in [0, 0.05) is 5.92 Å². The molecule has 2 nitrogen and oxygen atoms in total. The van der Waals surface area contributed by atoms with Gasteiger partial charge in [-0.15, -0.1) is 11.8 Å². The zero-order valence-electron chi connectivity index (χ0n) is 8.07. The van der Waals surface area contributed by atoms with Crippen LogP contribution in [-0.4, -0.2) is 17.0 Å². The molecule has 2 atom stereocenters. The smallest absolute Gasteiger partial charge is 0.230 e. The van der Waals surface area contributed by atoms with Crippen LogP contribution in [0.2, 0.25) is 0 Å². The van der Waals surface area contributed by atoms with E-state index in [0.29, 0.717) is 11.7 Å². The van der Waals surface area contributed by atoms with Gasteiger partial charge in [0.2, 0.25) is 5.91 Å². The summed E-state index contributed by atoms with van der Waals surface area (Å²) in [6.45, 7) is 2.15. The Morgan fingerprint density at radius 1 is 1.43 bits per heavy atom. The summed E-state index contributed by atoms with van der Waals surface area (Å²) >= 11 is 1.69. The molecule has 0 aliphatic carbocycles. The molecular formula is C11H13NOS. The number of rotatable bonds is 2. The Morgan fingerprint density at radius 3 is 2.71 bits per heavy atom. The van der Waals surface area contributed by atoms with Gasteiger partial charge >= 0.3 is 0 Å². The summed E-state index contributed by atoms with van der Waals surface area (Å²) in [7, 11) is 0. The SMILES string of the molecule is CC(c1ccccc1)C1NC(=O)CS1. The molecule has 1 aliphatic heterocycles. The van der Waals surface area contributed by atoms with Crippen molar-refractivity contribution < 1.29 is 4.79 Å². The van der Waals surface area contributed by atoms with Crippen molar-refractivity contribution in [2.45, 2.75) is 18.2 Å². The van der Waals surface area contributed by atoms with Crippen LogP contribution in [0.25, 0.3) is 0 Å². The third-order valence-electron chi connectivity index (χ3n) is 2.48. The average Bonchev–Trinajstić information content (AvgIpc) is 2.65. The molecule has 1 aromatic carbocycles. The van der Waals surface area contributed by atoms with Gasteiger partial charge in [-0.05, 0) is 5.56 Å². The highest BCUT2D eigenvalue weighted by Gasteiger charge is 2.27. The van der Waals surface area contributed by atoms with E-state index in [1.165, 1.54) is 5.56 Å². The fraction of sp³-hybridized carbons (Fsp3) is 0.364. The first-order valence-electron chi connectivity index (χ1n) is 4.73. The number of benzene rings is 1. The van der Waals surface area contributed by atoms with Gasteiger partial charge in [-0.25, -0.2) is 0 Å². The molecular weight excluding hydrogens is 194 g/mol. The van der Waals surface area contributed by atoms with Crippen LogP contribution in [0.15, 0.2) is 30.3 Å². The third kappa shape index (κ3) is 1.93. The molecule has 2 unspecified atom stereocenters. The molecule has 1 fully saturated rings. The first kappa shape index (κ1) is 9.59. The van der Waals surface area contributed by atoms with E-state index in [0.717, 1.165) is 0 Å². The minimum Gasteiger partial charge on any atom is -0.343 e. The second kappa shape index (κ2) is 4.05. The minimum absolute atomic E-state index is 0.155. The second-order valence-corrected chi connectivity index (χ2v) is 4.63. The van der Waals surface area contributed by atoms with Gasteiger partial charge in [-0.3, -0.25) is 4.79 Å². The molecule has 0 saturated carbocycles. The topological polar surface area (TPSA) is 29.1 Å². The molecule has 3 heteroatoms. The normalized spacial score (nSPS) is 23.2. The summed E-state index contributed by atoms with van der Waals surface area (Å²) in [5.74, 6) is 1.14. The molecule has 1 heterocycles. The van der Waals surface area contributed by atoms with Crippen LogP contribution in [-0.2, 0) is 4.79 Å². The summed E-state index contributed by atoms with van der Waals surface area (Å²) in [5.41, 5.74) is 1.28. The molecule has 1 N–H and O–H groups in total. The van der Waals surface area contributed by atoms with E-state index in [2.05, 4.69) is 24.4 Å². The van der Waals surface area contributed by atoms with Crippen LogP contribution >= 0.6 is 11.8 Å². The van der Waals surface area contributed by atoms with Crippen molar-refractivity contribution in [2.75, 3.05) is 5.75 Å². The first-order valence-corrected chi connectivity index (χ1v) is 5.78. The Labute approximate surface area is 88.1 Å². The van der Waals surface area contributed by atoms with E-state index in [9.17, 15) is 4.79 Å². The Morgan fingerprint density at radius 2 is 2.14 bits per heavy atom. The largest absolute Gasteiger partial charge is 0.343 e. The van der Waals surface area contributed by atoms with Gasteiger partial charge in [0.25, 0.3) is 0 Å². The van der Waals surface area contributed by atoms with E-state index in [1.807, 2.05) is 18.2 Å². The molecule has 0 radical (unpaired) electrons. The summed E-state index contributed by atoms with van der Waals surface area (Å²) < 4.78 is 0. The van der Waals surface area contributed by atoms with Crippen LogP contribution in [0.5, 0.6) is 0 Å². The van der Waals surface area contributed by atoms with E-state index in [-0.39, 0.29) is 11.3 Å². The molecule has 1 aliphatic rings. The maximum Gasteiger partial charge on any atom is 0.230 e. The van der Waals surface area contributed by atoms with Gasteiger partial charge in [-0.1, -0.05) is 37.3 Å². The van der Waals surface area contributed by atoms with Crippen LogP contribution in [0, 0.1) is 0 Å². The van der Waals surface area contributed by atoms with Crippen molar-refractivity contribution in [3.8, 4) is 0 Å². The summed E-state index contributed by atoms with van der Waals surface area (Å²) in [5, 5.41) is 3.22. The highest BCUT2D eigenvalue weighted by atomic mass is 32.2. The molecule has 1 amide bonds.